The first-order valence-electron chi connectivity index (χ1n) is 8.32. The van der Waals surface area contributed by atoms with Crippen LogP contribution in [0.15, 0.2) is 60.8 Å². The van der Waals surface area contributed by atoms with E-state index in [9.17, 15) is 4.79 Å². The Morgan fingerprint density at radius 1 is 1.11 bits per heavy atom. The van der Waals surface area contributed by atoms with Gasteiger partial charge in [-0.2, -0.15) is 0 Å². The van der Waals surface area contributed by atoms with Crippen molar-refractivity contribution in [3.8, 4) is 0 Å². The molecule has 0 aliphatic carbocycles. The van der Waals surface area contributed by atoms with Gasteiger partial charge < -0.3 is 4.90 Å². The molecule has 1 heterocycles. The fourth-order valence-corrected chi connectivity index (χ4v) is 2.83. The molecule has 1 aromatic heterocycles. The second-order valence-electron chi connectivity index (χ2n) is 6.10. The van der Waals surface area contributed by atoms with Crippen LogP contribution in [0.1, 0.15) is 16.8 Å². The minimum atomic E-state index is -0.140. The van der Waals surface area contributed by atoms with E-state index in [1.54, 1.807) is 41.0 Å². The molecule has 3 rings (SSSR count). The number of likely N-dealkylation sites (N-methyl/N-ethyl adjacent to an activating group) is 1. The Labute approximate surface area is 167 Å². The number of hydrogen-bond donors (Lipinski definition) is 0. The molecule has 0 N–H and O–H groups in total. The SMILES string of the molecule is CN(Cc1ccc(Cl)c(Cl)c1)C(=O)C=Cc1cn(Cc2ccccc2)nn1. The second-order valence-corrected chi connectivity index (χ2v) is 6.92. The zero-order valence-electron chi connectivity index (χ0n) is 14.7. The van der Waals surface area contributed by atoms with Gasteiger partial charge in [-0.3, -0.25) is 4.79 Å². The molecule has 0 atom stereocenters. The summed E-state index contributed by atoms with van der Waals surface area (Å²) in [5.41, 5.74) is 2.67. The first-order valence-corrected chi connectivity index (χ1v) is 9.08. The lowest BCUT2D eigenvalue weighted by Crippen LogP contribution is -2.24. The van der Waals surface area contributed by atoms with Crippen LogP contribution in [0, 0.1) is 0 Å². The summed E-state index contributed by atoms with van der Waals surface area (Å²) in [6.07, 6.45) is 4.94. The van der Waals surface area contributed by atoms with Crippen molar-refractivity contribution in [1.82, 2.24) is 19.9 Å². The van der Waals surface area contributed by atoms with Gasteiger partial charge in [-0.1, -0.05) is 64.8 Å². The van der Waals surface area contributed by atoms with Crippen molar-refractivity contribution in [2.24, 2.45) is 0 Å². The second kappa shape index (κ2) is 8.84. The van der Waals surface area contributed by atoms with Gasteiger partial charge in [0.25, 0.3) is 0 Å². The van der Waals surface area contributed by atoms with Gasteiger partial charge in [0.15, 0.2) is 0 Å². The Kier molecular flexibility index (Phi) is 6.27. The average molecular weight is 401 g/mol. The maximum atomic E-state index is 12.3. The van der Waals surface area contributed by atoms with Crippen molar-refractivity contribution in [2.75, 3.05) is 7.05 Å². The van der Waals surface area contributed by atoms with Gasteiger partial charge >= 0.3 is 0 Å². The van der Waals surface area contributed by atoms with Crippen LogP contribution >= 0.6 is 23.2 Å². The molecule has 7 heteroatoms. The van der Waals surface area contributed by atoms with Crippen LogP contribution in [-0.4, -0.2) is 32.8 Å². The number of aromatic nitrogens is 3. The minimum absolute atomic E-state index is 0.140. The molecule has 0 aliphatic heterocycles. The van der Waals surface area contributed by atoms with E-state index in [0.29, 0.717) is 28.8 Å². The molecular formula is C20H18Cl2N4O. The molecule has 0 saturated heterocycles. The van der Waals surface area contributed by atoms with E-state index < -0.39 is 0 Å². The summed E-state index contributed by atoms with van der Waals surface area (Å²) < 4.78 is 1.74. The Morgan fingerprint density at radius 2 is 1.89 bits per heavy atom. The molecule has 2 aromatic carbocycles. The van der Waals surface area contributed by atoms with Gasteiger partial charge in [-0.15, -0.1) is 5.10 Å². The first-order chi connectivity index (χ1) is 13.0. The largest absolute Gasteiger partial charge is 0.338 e. The lowest BCUT2D eigenvalue weighted by atomic mass is 10.2. The van der Waals surface area contributed by atoms with Crippen molar-refractivity contribution in [3.63, 3.8) is 0 Å². The number of benzene rings is 2. The van der Waals surface area contributed by atoms with Crippen molar-refractivity contribution in [2.45, 2.75) is 13.1 Å². The molecule has 27 heavy (non-hydrogen) atoms. The van der Waals surface area contributed by atoms with Crippen molar-refractivity contribution in [3.05, 3.63) is 87.7 Å². The molecule has 0 aliphatic rings. The summed E-state index contributed by atoms with van der Waals surface area (Å²) in [7, 11) is 1.72. The van der Waals surface area contributed by atoms with Crippen molar-refractivity contribution >= 4 is 35.2 Å². The van der Waals surface area contributed by atoms with Crippen LogP contribution in [0.4, 0.5) is 0 Å². The third-order valence-corrected chi connectivity index (χ3v) is 4.66. The number of carbonyl (C=O) groups excluding carboxylic acids is 1. The fourth-order valence-electron chi connectivity index (χ4n) is 2.51. The highest BCUT2D eigenvalue weighted by molar-refractivity contribution is 6.42. The van der Waals surface area contributed by atoms with Crippen LogP contribution in [0.2, 0.25) is 10.0 Å². The molecule has 0 bridgehead atoms. The summed E-state index contributed by atoms with van der Waals surface area (Å²) in [5.74, 6) is -0.140. The molecule has 0 spiro atoms. The summed E-state index contributed by atoms with van der Waals surface area (Å²) in [6.45, 7) is 1.06. The summed E-state index contributed by atoms with van der Waals surface area (Å²) >= 11 is 11.9. The topological polar surface area (TPSA) is 51.0 Å². The van der Waals surface area contributed by atoms with Crippen LogP contribution in [0.3, 0.4) is 0 Å². The third kappa shape index (κ3) is 5.42. The zero-order valence-corrected chi connectivity index (χ0v) is 16.2. The molecule has 1 amide bonds. The Balaban J connectivity index is 1.58. The number of hydrogen-bond acceptors (Lipinski definition) is 3. The van der Waals surface area contributed by atoms with E-state index in [1.165, 1.54) is 6.08 Å². The summed E-state index contributed by atoms with van der Waals surface area (Å²) in [5, 5.41) is 9.12. The van der Waals surface area contributed by atoms with Crippen LogP contribution < -0.4 is 0 Å². The first kappa shape index (κ1) is 19.1. The highest BCUT2D eigenvalue weighted by atomic mass is 35.5. The van der Waals surface area contributed by atoms with Crippen LogP contribution in [0.25, 0.3) is 6.08 Å². The maximum Gasteiger partial charge on any atom is 0.246 e. The Bertz CT molecular complexity index is 954. The number of amides is 1. The van der Waals surface area contributed by atoms with Crippen LogP contribution in [0.5, 0.6) is 0 Å². The quantitative estimate of drug-likeness (QED) is 0.579. The van der Waals surface area contributed by atoms with Gasteiger partial charge in [-0.25, -0.2) is 4.68 Å². The zero-order chi connectivity index (χ0) is 19.2. The lowest BCUT2D eigenvalue weighted by Gasteiger charge is -2.15. The van der Waals surface area contributed by atoms with Gasteiger partial charge in [-0.05, 0) is 29.3 Å². The Morgan fingerprint density at radius 3 is 2.63 bits per heavy atom. The van der Waals surface area contributed by atoms with Crippen molar-refractivity contribution in [1.29, 1.82) is 0 Å². The van der Waals surface area contributed by atoms with E-state index in [4.69, 9.17) is 23.2 Å². The number of rotatable bonds is 6. The van der Waals surface area contributed by atoms with Gasteiger partial charge in [0, 0.05) is 19.7 Å². The number of nitrogens with zero attached hydrogens (tertiary/aromatic N) is 4. The van der Waals surface area contributed by atoms with Crippen LogP contribution in [-0.2, 0) is 17.9 Å². The van der Waals surface area contributed by atoms with E-state index in [1.807, 2.05) is 36.4 Å². The molecule has 3 aromatic rings. The molecule has 0 saturated carbocycles. The van der Waals surface area contributed by atoms with E-state index in [2.05, 4.69) is 10.3 Å². The lowest BCUT2D eigenvalue weighted by molar-refractivity contribution is -0.125. The highest BCUT2D eigenvalue weighted by Crippen LogP contribution is 2.23. The molecule has 0 unspecified atom stereocenters. The number of halogens is 2. The summed E-state index contributed by atoms with van der Waals surface area (Å²) in [4.78, 5) is 13.9. The standard InChI is InChI=1S/C20H18Cl2N4O/c1-25(12-16-7-9-18(21)19(22)11-16)20(27)10-8-17-14-26(24-23-17)13-15-5-3-2-4-6-15/h2-11,14H,12-13H2,1H3. The predicted molar refractivity (Wildman–Crippen MR) is 108 cm³/mol. The molecule has 0 fully saturated rings. The van der Waals surface area contributed by atoms with Crippen molar-refractivity contribution < 1.29 is 4.79 Å². The third-order valence-electron chi connectivity index (χ3n) is 3.92. The smallest absolute Gasteiger partial charge is 0.246 e. The monoisotopic (exact) mass is 400 g/mol. The molecule has 5 nitrogen and oxygen atoms in total. The van der Waals surface area contributed by atoms with E-state index >= 15 is 0 Å². The highest BCUT2D eigenvalue weighted by Gasteiger charge is 2.08. The Hall–Kier alpha value is -2.63. The minimum Gasteiger partial charge on any atom is -0.338 e. The molecule has 0 radical (unpaired) electrons. The average Bonchev–Trinajstić information content (AvgIpc) is 3.11. The van der Waals surface area contributed by atoms with E-state index in [-0.39, 0.29) is 5.91 Å². The van der Waals surface area contributed by atoms with E-state index in [0.717, 1.165) is 11.1 Å². The molecular weight excluding hydrogens is 383 g/mol. The summed E-state index contributed by atoms with van der Waals surface area (Å²) in [6, 6.07) is 15.3. The predicted octanol–water partition coefficient (Wildman–Crippen LogP) is 4.31. The normalized spacial score (nSPS) is 11.1. The van der Waals surface area contributed by atoms with Gasteiger partial charge in [0.1, 0.15) is 5.69 Å². The van der Waals surface area contributed by atoms with Gasteiger partial charge in [0.05, 0.1) is 22.8 Å². The number of carbonyl (C=O) groups is 1. The maximum absolute atomic E-state index is 12.3. The van der Waals surface area contributed by atoms with Gasteiger partial charge in [0.2, 0.25) is 5.91 Å². The molecule has 138 valence electrons. The fraction of sp³-hybridized carbons (Fsp3) is 0.150.